The first-order valence-corrected chi connectivity index (χ1v) is 4.80. The fraction of sp³-hybridized carbons (Fsp3) is 1.00. The topological polar surface area (TPSA) is 96.8 Å². The minimum absolute atomic E-state index is 1.88. The zero-order valence-corrected chi connectivity index (χ0v) is 10.2. The van der Waals surface area contributed by atoms with E-state index in [2.05, 4.69) is 16.0 Å². The van der Waals surface area contributed by atoms with Gasteiger partial charge in [0.15, 0.2) is 0 Å². The summed E-state index contributed by atoms with van der Waals surface area (Å²) in [6.45, 7) is 0. The molecule has 0 bridgehead atoms. The van der Waals surface area contributed by atoms with Crippen LogP contribution >= 0.6 is 8.60 Å². The number of nitrogens with one attached hydrogen (secondary N) is 3. The van der Waals surface area contributed by atoms with Gasteiger partial charge in [-0.1, -0.05) is 0 Å². The van der Waals surface area contributed by atoms with Crippen molar-refractivity contribution < 1.29 is 14.7 Å². The molecule has 0 fully saturated rings. The number of hydrogen-bond donors (Lipinski definition) is 6. The summed E-state index contributed by atoms with van der Waals surface area (Å²) in [5.41, 5.74) is 0. The maximum Gasteiger partial charge on any atom is 0.324 e. The molecule has 0 unspecified atom stereocenters. The molecule has 0 aromatic carbocycles. The van der Waals surface area contributed by atoms with Crippen LogP contribution in [-0.4, -0.2) is 57.0 Å². The minimum Gasteiger partial charge on any atom is -0.328 e. The van der Waals surface area contributed by atoms with E-state index in [0.717, 1.165) is 0 Å². The minimum atomic E-state index is -2.62. The molecule has 0 amide bonds. The van der Waals surface area contributed by atoms with Crippen LogP contribution in [-0.2, 0) is 0 Å². The first-order chi connectivity index (χ1) is 5.97. The van der Waals surface area contributed by atoms with Crippen LogP contribution in [0.5, 0.6) is 0 Å². The Morgan fingerprint density at radius 1 is 0.615 bits per heavy atom. The van der Waals surface area contributed by atoms with Gasteiger partial charge >= 0.3 is 8.60 Å². The highest BCUT2D eigenvalue weighted by atomic mass is 31.2. The molecule has 0 rings (SSSR count). The molecule has 0 spiro atoms. The van der Waals surface area contributed by atoms with Gasteiger partial charge in [-0.15, -0.1) is 0 Å². The Bertz CT molecular complexity index is 44.6. The van der Waals surface area contributed by atoms with Crippen LogP contribution in [0.1, 0.15) is 0 Å². The van der Waals surface area contributed by atoms with Gasteiger partial charge in [0.05, 0.1) is 0 Å². The van der Waals surface area contributed by atoms with Gasteiger partial charge in [0.25, 0.3) is 0 Å². The lowest BCUT2D eigenvalue weighted by Gasteiger charge is -1.76. The highest BCUT2D eigenvalue weighted by molar-refractivity contribution is 7.38. The second-order valence-corrected chi connectivity index (χ2v) is 2.30. The molecule has 0 aromatic heterocycles. The van der Waals surface area contributed by atoms with E-state index in [1.165, 1.54) is 0 Å². The SMILES string of the molecule is CNC.CNC.CNC.OP(O)O. The highest BCUT2D eigenvalue weighted by Gasteiger charge is 1.76. The zero-order valence-electron chi connectivity index (χ0n) is 9.29. The molecule has 0 aromatic rings. The summed E-state index contributed by atoms with van der Waals surface area (Å²) in [5.74, 6) is 0. The first-order valence-electron chi connectivity index (χ1n) is 3.60. The van der Waals surface area contributed by atoms with E-state index in [1.54, 1.807) is 0 Å². The molecule has 0 aliphatic heterocycles. The summed E-state index contributed by atoms with van der Waals surface area (Å²) in [7, 11) is 8.63. The first kappa shape index (κ1) is 23.2. The molecular formula is C6H24N3O3P. The summed E-state index contributed by atoms with van der Waals surface area (Å²) in [6.07, 6.45) is 0. The van der Waals surface area contributed by atoms with E-state index in [1.807, 2.05) is 42.3 Å². The molecule has 0 heterocycles. The fourth-order valence-corrected chi connectivity index (χ4v) is 0. The molecule has 0 radical (unpaired) electrons. The van der Waals surface area contributed by atoms with Crippen LogP contribution in [0.25, 0.3) is 0 Å². The molecular weight excluding hydrogens is 193 g/mol. The van der Waals surface area contributed by atoms with Crippen molar-refractivity contribution in [2.45, 2.75) is 0 Å². The summed E-state index contributed by atoms with van der Waals surface area (Å²) in [6, 6.07) is 0. The predicted molar refractivity (Wildman–Crippen MR) is 58.5 cm³/mol. The molecule has 13 heavy (non-hydrogen) atoms. The zero-order chi connectivity index (χ0) is 11.7. The van der Waals surface area contributed by atoms with Crippen molar-refractivity contribution in [3.05, 3.63) is 0 Å². The molecule has 0 aliphatic carbocycles. The maximum atomic E-state index is 7.23. The normalized spacial score (nSPS) is 6.92. The van der Waals surface area contributed by atoms with Crippen molar-refractivity contribution in [3.8, 4) is 0 Å². The fourth-order valence-electron chi connectivity index (χ4n) is 0. The smallest absolute Gasteiger partial charge is 0.324 e. The van der Waals surface area contributed by atoms with E-state index in [4.69, 9.17) is 14.7 Å². The van der Waals surface area contributed by atoms with Crippen molar-refractivity contribution in [3.63, 3.8) is 0 Å². The molecule has 0 aliphatic rings. The summed E-state index contributed by atoms with van der Waals surface area (Å²) < 4.78 is 0. The molecule has 6 N–H and O–H groups in total. The van der Waals surface area contributed by atoms with Gasteiger partial charge in [-0.3, -0.25) is 0 Å². The lowest BCUT2D eigenvalue weighted by atomic mass is 11.3. The van der Waals surface area contributed by atoms with E-state index < -0.39 is 8.60 Å². The Kier molecular flexibility index (Phi) is 71.1. The van der Waals surface area contributed by atoms with Gasteiger partial charge in [0.1, 0.15) is 0 Å². The van der Waals surface area contributed by atoms with E-state index in [0.29, 0.717) is 0 Å². The van der Waals surface area contributed by atoms with Gasteiger partial charge in [-0.2, -0.15) is 0 Å². The van der Waals surface area contributed by atoms with Crippen LogP contribution in [0.3, 0.4) is 0 Å². The van der Waals surface area contributed by atoms with Gasteiger partial charge in [-0.25, -0.2) is 0 Å². The third kappa shape index (κ3) is 35100. The second-order valence-electron chi connectivity index (χ2n) is 1.77. The Labute approximate surface area is 82.4 Å². The second kappa shape index (κ2) is 39.8. The maximum absolute atomic E-state index is 7.23. The monoisotopic (exact) mass is 217 g/mol. The summed E-state index contributed by atoms with van der Waals surface area (Å²) in [4.78, 5) is 21.7. The van der Waals surface area contributed by atoms with Crippen LogP contribution in [0.4, 0.5) is 0 Å². The van der Waals surface area contributed by atoms with Gasteiger partial charge in [0.2, 0.25) is 0 Å². The van der Waals surface area contributed by atoms with Gasteiger partial charge in [0, 0.05) is 0 Å². The lowest BCUT2D eigenvalue weighted by molar-refractivity contribution is 0.368. The Morgan fingerprint density at radius 3 is 0.615 bits per heavy atom. The third-order valence-corrected chi connectivity index (χ3v) is 0. The van der Waals surface area contributed by atoms with Crippen molar-refractivity contribution in [1.29, 1.82) is 0 Å². The predicted octanol–water partition coefficient (Wildman–Crippen LogP) is -1.30. The van der Waals surface area contributed by atoms with Gasteiger partial charge < -0.3 is 30.6 Å². The van der Waals surface area contributed by atoms with Crippen molar-refractivity contribution in [2.24, 2.45) is 0 Å². The molecule has 0 atom stereocenters. The van der Waals surface area contributed by atoms with E-state index >= 15 is 0 Å². The van der Waals surface area contributed by atoms with Crippen LogP contribution in [0.2, 0.25) is 0 Å². The highest BCUT2D eigenvalue weighted by Crippen LogP contribution is 2.11. The van der Waals surface area contributed by atoms with Crippen molar-refractivity contribution >= 4 is 8.60 Å². The average molecular weight is 217 g/mol. The molecule has 6 nitrogen and oxygen atoms in total. The lowest BCUT2D eigenvalue weighted by Crippen LogP contribution is -1.89. The molecule has 0 saturated carbocycles. The largest absolute Gasteiger partial charge is 0.328 e. The Morgan fingerprint density at radius 2 is 0.615 bits per heavy atom. The third-order valence-electron chi connectivity index (χ3n) is 0. The standard InChI is InChI=1S/3C2H7N.H3O3P/c3*1-3-2;1-4(2)3/h3*3H,1-2H3;1-3H. The van der Waals surface area contributed by atoms with E-state index in [9.17, 15) is 0 Å². The Hall–Kier alpha value is 0.190. The average Bonchev–Trinajstić information content (AvgIpc) is 1.88. The summed E-state index contributed by atoms with van der Waals surface area (Å²) >= 11 is 0. The number of rotatable bonds is 0. The van der Waals surface area contributed by atoms with Crippen LogP contribution in [0, 0.1) is 0 Å². The van der Waals surface area contributed by atoms with E-state index in [-0.39, 0.29) is 0 Å². The van der Waals surface area contributed by atoms with Crippen LogP contribution in [0.15, 0.2) is 0 Å². The van der Waals surface area contributed by atoms with Crippen molar-refractivity contribution in [2.75, 3.05) is 42.3 Å². The molecule has 86 valence electrons. The molecule has 7 heteroatoms. The quantitative estimate of drug-likeness (QED) is 0.282. The van der Waals surface area contributed by atoms with Gasteiger partial charge in [-0.05, 0) is 42.3 Å². The molecule has 0 saturated heterocycles. The Balaban J connectivity index is -0.0000000420. The summed E-state index contributed by atoms with van der Waals surface area (Å²) in [5, 5.41) is 8.25. The van der Waals surface area contributed by atoms with Crippen LogP contribution < -0.4 is 16.0 Å². The number of hydrogen-bond acceptors (Lipinski definition) is 6. The van der Waals surface area contributed by atoms with Crippen molar-refractivity contribution in [1.82, 2.24) is 16.0 Å².